The van der Waals surface area contributed by atoms with Gasteiger partial charge in [0.15, 0.2) is 0 Å². The Hall–Kier alpha value is 0.160. The lowest BCUT2D eigenvalue weighted by Gasteiger charge is -2.34. The third-order valence-electron chi connectivity index (χ3n) is 3.32. The van der Waals surface area contributed by atoms with E-state index in [1.54, 1.807) is 4.31 Å². The summed E-state index contributed by atoms with van der Waals surface area (Å²) in [6.07, 6.45) is 2.99. The van der Waals surface area contributed by atoms with E-state index in [-0.39, 0.29) is 18.0 Å². The molecule has 1 aliphatic heterocycles. The van der Waals surface area contributed by atoms with Crippen molar-refractivity contribution >= 4 is 21.8 Å². The molecular weight excluding hydrogens is 260 g/mol. The highest BCUT2D eigenvalue weighted by atomic mass is 35.5. The molecule has 1 fully saturated rings. The Morgan fingerprint density at radius 1 is 1.41 bits per heavy atom. The summed E-state index contributed by atoms with van der Waals surface area (Å²) in [4.78, 5) is 0. The first kappa shape index (κ1) is 15.2. The van der Waals surface area contributed by atoms with E-state index in [0.29, 0.717) is 12.4 Å². The fourth-order valence-electron chi connectivity index (χ4n) is 2.03. The number of nitrogens with zero attached hydrogens (tertiary/aromatic N) is 1. The molecule has 17 heavy (non-hydrogen) atoms. The van der Waals surface area contributed by atoms with E-state index in [0.717, 1.165) is 19.3 Å². The maximum absolute atomic E-state index is 12.2. The van der Waals surface area contributed by atoms with Gasteiger partial charge in [0.1, 0.15) is 0 Å². The summed E-state index contributed by atoms with van der Waals surface area (Å²) in [6, 6.07) is -0.111. The fourth-order valence-corrected chi connectivity index (χ4v) is 4.38. The maximum atomic E-state index is 12.2. The topological polar surface area (TPSA) is 49.4 Å². The summed E-state index contributed by atoms with van der Waals surface area (Å²) in [5, 5.41) is 0. The van der Waals surface area contributed by atoms with Crippen LogP contribution in [0.1, 0.15) is 40.0 Å². The van der Waals surface area contributed by atoms with Crippen LogP contribution in [0.2, 0.25) is 0 Å². The number of nitrogens with one attached hydrogen (secondary N) is 1. The van der Waals surface area contributed by atoms with Gasteiger partial charge in [0.25, 0.3) is 10.2 Å². The smallest absolute Gasteiger partial charge is 0.198 e. The molecule has 2 atom stereocenters. The van der Waals surface area contributed by atoms with Crippen LogP contribution in [-0.2, 0) is 10.2 Å². The second-order valence-electron chi connectivity index (χ2n) is 5.08. The Bertz CT molecular complexity index is 332. The quantitative estimate of drug-likeness (QED) is 0.784. The van der Waals surface area contributed by atoms with Gasteiger partial charge in [0.2, 0.25) is 0 Å². The predicted molar refractivity (Wildman–Crippen MR) is 71.4 cm³/mol. The van der Waals surface area contributed by atoms with Crippen LogP contribution in [0.4, 0.5) is 0 Å². The van der Waals surface area contributed by atoms with Gasteiger partial charge >= 0.3 is 0 Å². The Morgan fingerprint density at radius 2 is 2.06 bits per heavy atom. The molecule has 1 rings (SSSR count). The van der Waals surface area contributed by atoms with E-state index < -0.39 is 10.2 Å². The summed E-state index contributed by atoms with van der Waals surface area (Å²) in [5.41, 5.74) is 0. The largest absolute Gasteiger partial charge is 0.279 e. The number of halogens is 1. The zero-order chi connectivity index (χ0) is 13.1. The van der Waals surface area contributed by atoms with Crippen LogP contribution in [0.3, 0.4) is 0 Å². The van der Waals surface area contributed by atoms with Crippen LogP contribution in [0.25, 0.3) is 0 Å². The minimum Gasteiger partial charge on any atom is -0.198 e. The molecular formula is C11H23ClN2O2S. The molecule has 2 unspecified atom stereocenters. The highest BCUT2D eigenvalue weighted by Crippen LogP contribution is 2.20. The van der Waals surface area contributed by atoms with E-state index in [1.807, 2.05) is 20.8 Å². The molecule has 0 spiro atoms. The van der Waals surface area contributed by atoms with E-state index in [4.69, 9.17) is 11.6 Å². The van der Waals surface area contributed by atoms with Crippen molar-refractivity contribution in [2.24, 2.45) is 5.92 Å². The molecule has 1 heterocycles. The number of rotatable bonds is 5. The van der Waals surface area contributed by atoms with Crippen LogP contribution in [0.5, 0.6) is 0 Å². The molecule has 0 saturated carbocycles. The summed E-state index contributed by atoms with van der Waals surface area (Å²) < 4.78 is 28.7. The highest BCUT2D eigenvalue weighted by molar-refractivity contribution is 7.87. The van der Waals surface area contributed by atoms with Gasteiger partial charge in [-0.1, -0.05) is 20.3 Å². The SMILES string of the molecule is CC(C)C(CCl)NS(=O)(=O)N1CCCCC1C. The van der Waals surface area contributed by atoms with Crippen LogP contribution >= 0.6 is 11.6 Å². The number of hydrogen-bond acceptors (Lipinski definition) is 2. The van der Waals surface area contributed by atoms with Gasteiger partial charge in [-0.3, -0.25) is 0 Å². The molecule has 0 radical (unpaired) electrons. The molecule has 1 N–H and O–H groups in total. The average molecular weight is 283 g/mol. The van der Waals surface area contributed by atoms with Gasteiger partial charge in [0.05, 0.1) is 0 Å². The van der Waals surface area contributed by atoms with Crippen LogP contribution in [0, 0.1) is 5.92 Å². The monoisotopic (exact) mass is 282 g/mol. The maximum Gasteiger partial charge on any atom is 0.279 e. The number of alkyl halides is 1. The third-order valence-corrected chi connectivity index (χ3v) is 5.42. The van der Waals surface area contributed by atoms with Crippen molar-refractivity contribution in [2.75, 3.05) is 12.4 Å². The molecule has 102 valence electrons. The number of hydrogen-bond donors (Lipinski definition) is 1. The summed E-state index contributed by atoms with van der Waals surface area (Å²) in [7, 11) is -3.39. The first-order valence-corrected chi connectivity index (χ1v) is 8.21. The molecule has 0 aromatic heterocycles. The van der Waals surface area contributed by atoms with E-state index in [9.17, 15) is 8.42 Å². The lowest BCUT2D eigenvalue weighted by Crippen LogP contribution is -2.52. The van der Waals surface area contributed by atoms with E-state index in [2.05, 4.69) is 4.72 Å². The van der Waals surface area contributed by atoms with Crippen molar-refractivity contribution < 1.29 is 8.42 Å². The summed E-state index contributed by atoms with van der Waals surface area (Å²) >= 11 is 5.80. The van der Waals surface area contributed by atoms with Gasteiger partial charge < -0.3 is 0 Å². The van der Waals surface area contributed by atoms with Gasteiger partial charge in [-0.05, 0) is 25.7 Å². The molecule has 0 aliphatic carbocycles. The first-order chi connectivity index (χ1) is 7.88. The normalized spacial score (nSPS) is 25.1. The summed E-state index contributed by atoms with van der Waals surface area (Å²) in [6.45, 7) is 6.51. The second-order valence-corrected chi connectivity index (χ2v) is 7.05. The Kier molecular flexibility index (Phi) is 5.70. The zero-order valence-corrected chi connectivity index (χ0v) is 12.4. The van der Waals surface area contributed by atoms with Crippen LogP contribution in [0.15, 0.2) is 0 Å². The van der Waals surface area contributed by atoms with Crippen molar-refractivity contribution in [1.29, 1.82) is 0 Å². The minimum atomic E-state index is -3.39. The molecule has 0 amide bonds. The van der Waals surface area contributed by atoms with Crippen molar-refractivity contribution in [1.82, 2.24) is 9.03 Å². The van der Waals surface area contributed by atoms with Crippen molar-refractivity contribution in [3.8, 4) is 0 Å². The fraction of sp³-hybridized carbons (Fsp3) is 1.00. The Morgan fingerprint density at radius 3 is 2.53 bits per heavy atom. The third kappa shape index (κ3) is 4.09. The zero-order valence-electron chi connectivity index (χ0n) is 10.8. The Labute approximate surface area is 110 Å². The van der Waals surface area contributed by atoms with E-state index >= 15 is 0 Å². The molecule has 1 saturated heterocycles. The highest BCUT2D eigenvalue weighted by Gasteiger charge is 2.31. The predicted octanol–water partition coefficient (Wildman–Crippen LogP) is 1.96. The second kappa shape index (κ2) is 6.36. The Balaban J connectivity index is 2.73. The number of piperidine rings is 1. The van der Waals surface area contributed by atoms with Crippen molar-refractivity contribution in [3.05, 3.63) is 0 Å². The standard InChI is InChI=1S/C11H23ClN2O2S/c1-9(2)11(8-12)13-17(15,16)14-7-5-4-6-10(14)3/h9-11,13H,4-8H2,1-3H3. The van der Waals surface area contributed by atoms with Gasteiger partial charge in [-0.2, -0.15) is 17.4 Å². The van der Waals surface area contributed by atoms with E-state index in [1.165, 1.54) is 0 Å². The van der Waals surface area contributed by atoms with Gasteiger partial charge in [0, 0.05) is 24.5 Å². The van der Waals surface area contributed by atoms with Gasteiger partial charge in [-0.15, -0.1) is 11.6 Å². The average Bonchev–Trinajstić information content (AvgIpc) is 2.26. The van der Waals surface area contributed by atoms with Crippen molar-refractivity contribution in [2.45, 2.75) is 52.1 Å². The molecule has 6 heteroatoms. The minimum absolute atomic E-state index is 0.0874. The molecule has 0 aromatic rings. The lowest BCUT2D eigenvalue weighted by molar-refractivity contribution is 0.262. The molecule has 4 nitrogen and oxygen atoms in total. The summed E-state index contributed by atoms with van der Waals surface area (Å²) in [5.74, 6) is 0.501. The van der Waals surface area contributed by atoms with Crippen LogP contribution in [-0.4, -0.2) is 37.2 Å². The molecule has 0 bridgehead atoms. The van der Waals surface area contributed by atoms with Crippen LogP contribution < -0.4 is 4.72 Å². The molecule has 1 aliphatic rings. The first-order valence-electron chi connectivity index (χ1n) is 6.23. The van der Waals surface area contributed by atoms with Gasteiger partial charge in [-0.25, -0.2) is 0 Å². The molecule has 0 aromatic carbocycles. The lowest BCUT2D eigenvalue weighted by atomic mass is 10.1. The van der Waals surface area contributed by atoms with Crippen molar-refractivity contribution in [3.63, 3.8) is 0 Å².